The summed E-state index contributed by atoms with van der Waals surface area (Å²) in [6.45, 7) is 4.82. The number of hydrogen-bond acceptors (Lipinski definition) is 7. The van der Waals surface area contributed by atoms with Gasteiger partial charge in [0.15, 0.2) is 0 Å². The van der Waals surface area contributed by atoms with Gasteiger partial charge in [0.05, 0.1) is 17.1 Å². The Morgan fingerprint density at radius 2 is 1.85 bits per heavy atom. The molecule has 1 unspecified atom stereocenters. The standard InChI is InChI=1S/C32H33FN6O/c1-21-31-29(37-32(34)36-21)16-24(27-10-9-25(33)18-28(27)23-8-5-13-35-19-23)17-30(31)38-40-26-11-14-39(15-12-26)20-22-6-3-2-4-7-22/h2-10,13,18-19,24,26H,11-12,14-17,20H2,1H3,(H2,34,36,37)/b38-30+. The topological polar surface area (TPSA) is 89.5 Å². The van der Waals surface area contributed by atoms with Crippen LogP contribution < -0.4 is 5.73 Å². The molecule has 4 aromatic rings. The molecule has 1 fully saturated rings. The van der Waals surface area contributed by atoms with Gasteiger partial charge in [0.2, 0.25) is 5.95 Å². The number of oxime groups is 1. The largest absolute Gasteiger partial charge is 0.392 e. The smallest absolute Gasteiger partial charge is 0.220 e. The summed E-state index contributed by atoms with van der Waals surface area (Å²) in [7, 11) is 0. The lowest BCUT2D eigenvalue weighted by atomic mass is 9.78. The SMILES string of the molecule is Cc1nc(N)nc2c1/C(=N/OC1CCN(Cc3ccccc3)CC1)CC(c1ccc(F)cc1-c1cccnc1)C2. The second-order valence-corrected chi connectivity index (χ2v) is 10.7. The zero-order chi connectivity index (χ0) is 27.5. The maximum atomic E-state index is 14.4. The van der Waals surface area contributed by atoms with Crippen molar-refractivity contribution < 1.29 is 9.23 Å². The van der Waals surface area contributed by atoms with E-state index in [0.29, 0.717) is 12.8 Å². The Balaban J connectivity index is 1.24. The molecule has 0 spiro atoms. The van der Waals surface area contributed by atoms with Gasteiger partial charge in [-0.3, -0.25) is 9.88 Å². The van der Waals surface area contributed by atoms with E-state index in [-0.39, 0.29) is 23.8 Å². The third-order valence-electron chi connectivity index (χ3n) is 7.87. The van der Waals surface area contributed by atoms with E-state index in [0.717, 1.165) is 71.8 Å². The number of nitrogens with two attached hydrogens (primary N) is 1. The molecule has 204 valence electrons. The molecule has 2 aromatic carbocycles. The van der Waals surface area contributed by atoms with Crippen LogP contribution in [0.15, 0.2) is 78.2 Å². The fraction of sp³-hybridized carbons (Fsp3) is 0.312. The Morgan fingerprint density at radius 3 is 2.62 bits per heavy atom. The van der Waals surface area contributed by atoms with E-state index < -0.39 is 0 Å². The molecule has 8 heteroatoms. The van der Waals surface area contributed by atoms with Crippen molar-refractivity contribution in [1.29, 1.82) is 0 Å². The van der Waals surface area contributed by atoms with E-state index in [1.165, 1.54) is 11.6 Å². The predicted molar refractivity (Wildman–Crippen MR) is 154 cm³/mol. The molecular weight excluding hydrogens is 503 g/mol. The molecule has 7 nitrogen and oxygen atoms in total. The van der Waals surface area contributed by atoms with Gasteiger partial charge < -0.3 is 10.6 Å². The van der Waals surface area contributed by atoms with Crippen molar-refractivity contribution in [3.8, 4) is 11.1 Å². The van der Waals surface area contributed by atoms with Crippen LogP contribution in [0.25, 0.3) is 11.1 Å². The van der Waals surface area contributed by atoms with E-state index in [2.05, 4.69) is 44.1 Å². The molecule has 0 radical (unpaired) electrons. The monoisotopic (exact) mass is 536 g/mol. The van der Waals surface area contributed by atoms with Crippen molar-refractivity contribution in [2.75, 3.05) is 18.8 Å². The van der Waals surface area contributed by atoms with Crippen molar-refractivity contribution in [3.63, 3.8) is 0 Å². The van der Waals surface area contributed by atoms with Crippen LogP contribution in [-0.2, 0) is 17.8 Å². The van der Waals surface area contributed by atoms with Crippen molar-refractivity contribution in [2.45, 2.75) is 51.2 Å². The van der Waals surface area contributed by atoms with Crippen molar-refractivity contribution in [1.82, 2.24) is 19.9 Å². The summed E-state index contributed by atoms with van der Waals surface area (Å²) in [5.41, 5.74) is 13.5. The number of hydrogen-bond donors (Lipinski definition) is 1. The number of pyridine rings is 1. The van der Waals surface area contributed by atoms with E-state index >= 15 is 0 Å². The normalized spacial score (nSPS) is 18.9. The van der Waals surface area contributed by atoms with Gasteiger partial charge in [-0.25, -0.2) is 14.4 Å². The molecule has 3 heterocycles. The maximum Gasteiger partial charge on any atom is 0.220 e. The third-order valence-corrected chi connectivity index (χ3v) is 7.87. The van der Waals surface area contributed by atoms with Gasteiger partial charge in [-0.15, -0.1) is 0 Å². The lowest BCUT2D eigenvalue weighted by Crippen LogP contribution is -2.36. The van der Waals surface area contributed by atoms with E-state index in [1.807, 2.05) is 31.2 Å². The average Bonchev–Trinajstić information content (AvgIpc) is 2.97. The van der Waals surface area contributed by atoms with Gasteiger partial charge in [-0.05, 0) is 67.0 Å². The van der Waals surface area contributed by atoms with E-state index in [1.54, 1.807) is 18.5 Å². The molecule has 2 aliphatic rings. The number of aromatic nitrogens is 3. The molecule has 1 atom stereocenters. The van der Waals surface area contributed by atoms with Gasteiger partial charge in [0.1, 0.15) is 11.9 Å². The number of nitrogens with zero attached hydrogens (tertiary/aromatic N) is 5. The van der Waals surface area contributed by atoms with Crippen LogP contribution in [0.1, 0.15) is 53.3 Å². The van der Waals surface area contributed by atoms with Crippen LogP contribution in [-0.4, -0.2) is 44.8 Å². The summed E-state index contributed by atoms with van der Waals surface area (Å²) in [4.78, 5) is 21.9. The number of rotatable bonds is 6. The average molecular weight is 537 g/mol. The van der Waals surface area contributed by atoms with Gasteiger partial charge >= 0.3 is 0 Å². The van der Waals surface area contributed by atoms with E-state index in [4.69, 9.17) is 15.7 Å². The Kier molecular flexibility index (Phi) is 7.51. The number of piperidine rings is 1. The fourth-order valence-electron chi connectivity index (χ4n) is 5.93. The van der Waals surface area contributed by atoms with Crippen LogP contribution in [0.3, 0.4) is 0 Å². The number of fused-ring (bicyclic) bond motifs is 1. The first-order valence-electron chi connectivity index (χ1n) is 13.9. The van der Waals surface area contributed by atoms with Gasteiger partial charge in [-0.1, -0.05) is 47.6 Å². The number of anilines is 1. The van der Waals surface area contributed by atoms with Crippen LogP contribution in [0.2, 0.25) is 0 Å². The maximum absolute atomic E-state index is 14.4. The van der Waals surface area contributed by atoms with Gasteiger partial charge in [-0.2, -0.15) is 0 Å². The number of benzene rings is 2. The first-order valence-corrected chi connectivity index (χ1v) is 13.9. The number of halogens is 1. The molecule has 1 aliphatic carbocycles. The Hall–Kier alpha value is -4.17. The summed E-state index contributed by atoms with van der Waals surface area (Å²) in [5.74, 6) is -0.0151. The quantitative estimate of drug-likeness (QED) is 0.319. The van der Waals surface area contributed by atoms with Crippen LogP contribution >= 0.6 is 0 Å². The Labute approximate surface area is 233 Å². The summed E-state index contributed by atoms with van der Waals surface area (Å²) in [6.07, 6.45) is 6.65. The van der Waals surface area contributed by atoms with Crippen molar-refractivity contribution in [3.05, 3.63) is 107 Å². The minimum Gasteiger partial charge on any atom is -0.392 e. The van der Waals surface area contributed by atoms with Crippen LogP contribution in [0.4, 0.5) is 10.3 Å². The molecule has 2 aromatic heterocycles. The molecule has 2 N–H and O–H groups in total. The second-order valence-electron chi connectivity index (χ2n) is 10.7. The summed E-state index contributed by atoms with van der Waals surface area (Å²) in [6, 6.07) is 19.3. The highest BCUT2D eigenvalue weighted by atomic mass is 19.1. The second kappa shape index (κ2) is 11.5. The summed E-state index contributed by atoms with van der Waals surface area (Å²) in [5, 5.41) is 4.73. The highest BCUT2D eigenvalue weighted by molar-refractivity contribution is 6.03. The molecule has 0 amide bonds. The molecule has 0 bridgehead atoms. The lowest BCUT2D eigenvalue weighted by Gasteiger charge is -2.31. The minimum absolute atomic E-state index is 0.0204. The minimum atomic E-state index is -0.281. The highest BCUT2D eigenvalue weighted by Gasteiger charge is 2.31. The Bertz CT molecular complexity index is 1500. The first kappa shape index (κ1) is 26.1. The summed E-state index contributed by atoms with van der Waals surface area (Å²) >= 11 is 0. The molecule has 1 aliphatic heterocycles. The third kappa shape index (κ3) is 5.72. The lowest BCUT2D eigenvalue weighted by molar-refractivity contribution is 0.00879. The highest BCUT2D eigenvalue weighted by Crippen LogP contribution is 2.38. The molecule has 40 heavy (non-hydrogen) atoms. The first-order chi connectivity index (χ1) is 19.5. The number of nitrogen functional groups attached to an aromatic ring is 1. The van der Waals surface area contributed by atoms with Crippen LogP contribution in [0.5, 0.6) is 0 Å². The molecule has 1 saturated heterocycles. The van der Waals surface area contributed by atoms with Crippen molar-refractivity contribution in [2.24, 2.45) is 5.16 Å². The molecule has 0 saturated carbocycles. The molecular formula is C32H33FN6O. The number of aryl methyl sites for hydroxylation is 1. The van der Waals surface area contributed by atoms with Crippen LogP contribution in [0, 0.1) is 12.7 Å². The van der Waals surface area contributed by atoms with Crippen molar-refractivity contribution >= 4 is 11.7 Å². The summed E-state index contributed by atoms with van der Waals surface area (Å²) < 4.78 is 14.4. The number of likely N-dealkylation sites (tertiary alicyclic amines) is 1. The van der Waals surface area contributed by atoms with Gasteiger partial charge in [0, 0.05) is 49.6 Å². The zero-order valence-electron chi connectivity index (χ0n) is 22.6. The Morgan fingerprint density at radius 1 is 1.02 bits per heavy atom. The van der Waals surface area contributed by atoms with E-state index in [9.17, 15) is 4.39 Å². The van der Waals surface area contributed by atoms with Gasteiger partial charge in [0.25, 0.3) is 0 Å². The fourth-order valence-corrected chi connectivity index (χ4v) is 5.93. The predicted octanol–water partition coefficient (Wildman–Crippen LogP) is 5.68. The zero-order valence-corrected chi connectivity index (χ0v) is 22.6. The molecule has 6 rings (SSSR count).